The highest BCUT2D eigenvalue weighted by Gasteiger charge is 2.09. The average Bonchev–Trinajstić information content (AvgIpc) is 2.41. The standard InChI is InChI=1S/C15H24O3Si/c1-13(2)12-18-9-5-6-10-19-11-7-8-14(16-3)15(19)17-4/h7-8,11H,1,5-6,9-10,12H2,2-4H3. The lowest BCUT2D eigenvalue weighted by Gasteiger charge is -2.12. The van der Waals surface area contributed by atoms with Crippen molar-refractivity contribution < 1.29 is 14.2 Å². The number of methoxy groups -OCH3 is 2. The molecule has 106 valence electrons. The average molecular weight is 280 g/mol. The molecule has 0 saturated carbocycles. The lowest BCUT2D eigenvalue weighted by molar-refractivity contribution is 0.152. The van der Waals surface area contributed by atoms with Gasteiger partial charge in [0.2, 0.25) is 0 Å². The van der Waals surface area contributed by atoms with E-state index in [1.165, 1.54) is 0 Å². The van der Waals surface area contributed by atoms with Crippen LogP contribution in [0.3, 0.4) is 0 Å². The Morgan fingerprint density at radius 2 is 2.05 bits per heavy atom. The summed E-state index contributed by atoms with van der Waals surface area (Å²) < 4.78 is 16.3. The van der Waals surface area contributed by atoms with Gasteiger partial charge < -0.3 is 14.2 Å². The number of ether oxygens (including phenoxy) is 3. The molecule has 0 amide bonds. The summed E-state index contributed by atoms with van der Waals surface area (Å²) in [7, 11) is 2.66. The first kappa shape index (κ1) is 15.9. The molecule has 0 bridgehead atoms. The Morgan fingerprint density at radius 1 is 1.26 bits per heavy atom. The summed E-state index contributed by atoms with van der Waals surface area (Å²) in [5.74, 6) is 0.873. The van der Waals surface area contributed by atoms with E-state index < -0.39 is 8.40 Å². The molecule has 1 aromatic heterocycles. The van der Waals surface area contributed by atoms with E-state index in [9.17, 15) is 0 Å². The van der Waals surface area contributed by atoms with Crippen molar-refractivity contribution in [3.8, 4) is 11.1 Å². The van der Waals surface area contributed by atoms with Gasteiger partial charge in [-0.2, -0.15) is 0 Å². The summed E-state index contributed by atoms with van der Waals surface area (Å²) in [5, 5.41) is 1.03. The first-order chi connectivity index (χ1) is 9.19. The molecule has 0 atom stereocenters. The van der Waals surface area contributed by atoms with Crippen LogP contribution in [0.15, 0.2) is 30.0 Å². The maximum absolute atomic E-state index is 5.50. The van der Waals surface area contributed by atoms with Gasteiger partial charge in [0.25, 0.3) is 0 Å². The topological polar surface area (TPSA) is 27.7 Å². The van der Waals surface area contributed by atoms with E-state index in [0.29, 0.717) is 6.61 Å². The Labute approximate surface area is 117 Å². The molecule has 19 heavy (non-hydrogen) atoms. The van der Waals surface area contributed by atoms with E-state index in [0.717, 1.165) is 42.2 Å². The zero-order valence-electron chi connectivity index (χ0n) is 12.2. The monoisotopic (exact) mass is 280 g/mol. The maximum atomic E-state index is 5.50. The third-order valence-corrected chi connectivity index (χ3v) is 5.34. The van der Waals surface area contributed by atoms with Crippen molar-refractivity contribution in [2.45, 2.75) is 25.8 Å². The van der Waals surface area contributed by atoms with Gasteiger partial charge in [0.05, 0.1) is 29.2 Å². The third kappa shape index (κ3) is 5.57. The molecule has 1 heterocycles. The van der Waals surface area contributed by atoms with Crippen molar-refractivity contribution in [3.63, 3.8) is 0 Å². The van der Waals surface area contributed by atoms with Gasteiger partial charge in [0, 0.05) is 6.61 Å². The van der Waals surface area contributed by atoms with Crippen LogP contribution in [-0.4, -0.2) is 35.8 Å². The van der Waals surface area contributed by atoms with Crippen LogP contribution in [0.4, 0.5) is 0 Å². The SMILES string of the molecule is C=C(C)COCCCC[si]1cccc(OC)c1OC. The van der Waals surface area contributed by atoms with Gasteiger partial charge >= 0.3 is 0 Å². The van der Waals surface area contributed by atoms with Gasteiger partial charge in [-0.25, -0.2) is 0 Å². The van der Waals surface area contributed by atoms with Crippen LogP contribution in [0.2, 0.25) is 0 Å². The smallest absolute Gasteiger partial charge is 0.155 e. The molecule has 4 heteroatoms. The summed E-state index contributed by atoms with van der Waals surface area (Å²) in [6.45, 7) is 7.28. The lowest BCUT2D eigenvalue weighted by Crippen LogP contribution is -2.07. The first-order valence-corrected chi connectivity index (χ1v) is 8.39. The second-order valence-electron chi connectivity index (χ2n) is 4.62. The van der Waals surface area contributed by atoms with Crippen molar-refractivity contribution in [2.75, 3.05) is 27.4 Å². The molecule has 1 rings (SSSR count). The Morgan fingerprint density at radius 3 is 2.68 bits per heavy atom. The van der Waals surface area contributed by atoms with Crippen LogP contribution < -0.4 is 9.47 Å². The number of hydrogen-bond donors (Lipinski definition) is 0. The summed E-state index contributed by atoms with van der Waals surface area (Å²) in [6, 6.07) is 5.19. The molecule has 1 aromatic rings. The fourth-order valence-corrected chi connectivity index (χ4v) is 4.19. The van der Waals surface area contributed by atoms with Gasteiger partial charge in [-0.15, -0.1) is 0 Å². The van der Waals surface area contributed by atoms with Crippen LogP contribution >= 0.6 is 0 Å². The van der Waals surface area contributed by atoms with Gasteiger partial charge in [-0.3, -0.25) is 0 Å². The van der Waals surface area contributed by atoms with Crippen LogP contribution in [0.5, 0.6) is 11.1 Å². The summed E-state index contributed by atoms with van der Waals surface area (Å²) in [4.78, 5) is 0. The zero-order chi connectivity index (χ0) is 14.1. The Bertz CT molecular complexity index is 404. The number of rotatable bonds is 9. The molecule has 0 fully saturated rings. The molecule has 0 aromatic carbocycles. The van der Waals surface area contributed by atoms with Crippen LogP contribution in [0.1, 0.15) is 19.8 Å². The van der Waals surface area contributed by atoms with Crippen molar-refractivity contribution >= 4 is 8.40 Å². The largest absolute Gasteiger partial charge is 0.499 e. The fraction of sp³-hybridized carbons (Fsp3) is 0.533. The van der Waals surface area contributed by atoms with E-state index in [1.807, 2.05) is 13.0 Å². The number of aryl methyl sites for hydroxylation is 1. The number of unbranched alkanes of at least 4 members (excludes halogenated alkanes) is 1. The molecule has 0 radical (unpaired) electrons. The molecule has 0 aliphatic carbocycles. The zero-order valence-corrected chi connectivity index (χ0v) is 13.2. The van der Waals surface area contributed by atoms with Crippen molar-refractivity contribution in [3.05, 3.63) is 30.0 Å². The highest BCUT2D eigenvalue weighted by Crippen LogP contribution is 2.25. The molecule has 0 saturated heterocycles. The van der Waals surface area contributed by atoms with E-state index in [-0.39, 0.29) is 0 Å². The summed E-state index contributed by atoms with van der Waals surface area (Å²) in [6.07, 6.45) is 2.23. The minimum absolute atomic E-state index is 0.670. The van der Waals surface area contributed by atoms with E-state index in [4.69, 9.17) is 14.2 Å². The predicted octanol–water partition coefficient (Wildman–Crippen LogP) is 3.10. The predicted molar refractivity (Wildman–Crippen MR) is 80.4 cm³/mol. The van der Waals surface area contributed by atoms with Gasteiger partial charge in [-0.1, -0.05) is 30.3 Å². The Kier molecular flexibility index (Phi) is 7.44. The van der Waals surface area contributed by atoms with Crippen molar-refractivity contribution in [1.29, 1.82) is 0 Å². The summed E-state index contributed by atoms with van der Waals surface area (Å²) >= 11 is 0. The molecular weight excluding hydrogens is 256 g/mol. The van der Waals surface area contributed by atoms with Crippen molar-refractivity contribution in [2.24, 2.45) is 0 Å². The van der Waals surface area contributed by atoms with Gasteiger partial charge in [0.1, 0.15) is 5.36 Å². The molecular formula is C15H24O3Si. The minimum Gasteiger partial charge on any atom is -0.499 e. The minimum atomic E-state index is -0.753. The molecule has 0 N–H and O–H groups in total. The maximum Gasteiger partial charge on any atom is 0.155 e. The lowest BCUT2D eigenvalue weighted by atomic mass is 10.3. The highest BCUT2D eigenvalue weighted by molar-refractivity contribution is 6.55. The first-order valence-electron chi connectivity index (χ1n) is 6.61. The Balaban J connectivity index is 2.38. The third-order valence-electron chi connectivity index (χ3n) is 2.82. The van der Waals surface area contributed by atoms with Gasteiger partial charge in [-0.05, 0) is 25.5 Å². The normalized spacial score (nSPS) is 10.3. The van der Waals surface area contributed by atoms with E-state index in [1.54, 1.807) is 14.2 Å². The highest BCUT2D eigenvalue weighted by atomic mass is 28.2. The van der Waals surface area contributed by atoms with Gasteiger partial charge in [0.15, 0.2) is 5.75 Å². The van der Waals surface area contributed by atoms with Crippen LogP contribution in [0.25, 0.3) is 0 Å². The van der Waals surface area contributed by atoms with Crippen LogP contribution in [-0.2, 0) is 10.8 Å². The fourth-order valence-electron chi connectivity index (χ4n) is 1.92. The molecule has 0 aliphatic rings. The Hall–Kier alpha value is -1.13. The second-order valence-corrected chi connectivity index (χ2v) is 6.96. The number of hydrogen-bond acceptors (Lipinski definition) is 3. The molecule has 3 nitrogen and oxygen atoms in total. The van der Waals surface area contributed by atoms with E-state index in [2.05, 4.69) is 18.3 Å². The van der Waals surface area contributed by atoms with Crippen molar-refractivity contribution in [1.82, 2.24) is 0 Å². The quantitative estimate of drug-likeness (QED) is 0.395. The molecule has 0 aliphatic heterocycles. The van der Waals surface area contributed by atoms with Crippen LogP contribution in [0, 0.1) is 0 Å². The molecule has 0 unspecified atom stereocenters. The second kappa shape index (κ2) is 8.88. The van der Waals surface area contributed by atoms with E-state index >= 15 is 0 Å². The molecule has 0 spiro atoms. The summed E-state index contributed by atoms with van der Waals surface area (Å²) in [5.41, 5.74) is 3.34.